The molecule has 1 aliphatic rings. The quantitative estimate of drug-likeness (QED) is 0.560. The van der Waals surface area contributed by atoms with E-state index in [1.54, 1.807) is 0 Å². The number of hydrogen-bond donors (Lipinski definition) is 1. The van der Waals surface area contributed by atoms with Crippen LogP contribution in [-0.4, -0.2) is 29.8 Å². The van der Waals surface area contributed by atoms with Gasteiger partial charge >= 0.3 is 0 Å². The minimum absolute atomic E-state index is 0.0791. The third-order valence-corrected chi connectivity index (χ3v) is 1.86. The molecule has 0 aliphatic carbocycles. The first-order chi connectivity index (χ1) is 4.33. The molecule has 2 atom stereocenters. The molecule has 0 aromatic heterocycles. The molecule has 0 unspecified atom stereocenters. The first kappa shape index (κ1) is 7.32. The zero-order valence-electron chi connectivity index (χ0n) is 5.22. The number of aliphatic hydroxyl groups excluding tert-OH is 1. The van der Waals surface area contributed by atoms with E-state index in [0.717, 1.165) is 6.42 Å². The second-order valence-electron chi connectivity index (χ2n) is 2.33. The Bertz CT molecular complexity index is 87.1. The first-order valence-electron chi connectivity index (χ1n) is 3.18. The molecule has 9 heavy (non-hydrogen) atoms. The summed E-state index contributed by atoms with van der Waals surface area (Å²) in [6.45, 7) is 0.651. The molecule has 0 bridgehead atoms. The van der Waals surface area contributed by atoms with E-state index in [-0.39, 0.29) is 12.2 Å². The highest BCUT2D eigenvalue weighted by Crippen LogP contribution is 2.13. The summed E-state index contributed by atoms with van der Waals surface area (Å²) in [4.78, 5) is 0. The summed E-state index contributed by atoms with van der Waals surface area (Å²) in [5.41, 5.74) is 0. The Morgan fingerprint density at radius 3 is 2.89 bits per heavy atom. The van der Waals surface area contributed by atoms with Gasteiger partial charge in [-0.25, -0.2) is 0 Å². The molecule has 1 aliphatic heterocycles. The van der Waals surface area contributed by atoms with Gasteiger partial charge in [0.15, 0.2) is 0 Å². The number of ether oxygens (including phenoxy) is 1. The van der Waals surface area contributed by atoms with Gasteiger partial charge in [0.1, 0.15) is 0 Å². The molecule has 1 saturated heterocycles. The minimum atomic E-state index is -0.192. The summed E-state index contributed by atoms with van der Waals surface area (Å²) in [6.07, 6.45) is 1.34. The maximum absolute atomic E-state index is 9.07. The van der Waals surface area contributed by atoms with Crippen molar-refractivity contribution in [3.63, 3.8) is 0 Å². The predicted octanol–water partition coefficient (Wildman–Crippen LogP) is 0.765. The zero-order valence-corrected chi connectivity index (χ0v) is 5.97. The summed E-state index contributed by atoms with van der Waals surface area (Å²) in [7, 11) is 0. The lowest BCUT2D eigenvalue weighted by atomic mass is 10.1. The fourth-order valence-corrected chi connectivity index (χ4v) is 1.18. The maximum Gasteiger partial charge on any atom is 0.0734 e. The van der Waals surface area contributed by atoms with Crippen molar-refractivity contribution < 1.29 is 9.84 Å². The second kappa shape index (κ2) is 3.40. The Morgan fingerprint density at radius 2 is 2.44 bits per heavy atom. The predicted molar refractivity (Wildman–Crippen MR) is 35.7 cm³/mol. The van der Waals surface area contributed by atoms with Gasteiger partial charge in [0.05, 0.1) is 12.2 Å². The molecule has 0 amide bonds. The number of aliphatic hydroxyl groups is 1. The molecule has 0 spiro atoms. The fourth-order valence-electron chi connectivity index (χ4n) is 0.968. The molecule has 1 heterocycles. The molecule has 0 aromatic rings. The Hall–Kier alpha value is 0.210. The van der Waals surface area contributed by atoms with Gasteiger partial charge in [-0.15, -0.1) is 11.6 Å². The van der Waals surface area contributed by atoms with E-state index in [9.17, 15) is 0 Å². The van der Waals surface area contributed by atoms with Crippen molar-refractivity contribution >= 4 is 11.6 Å². The monoisotopic (exact) mass is 150 g/mol. The SMILES string of the molecule is O[C@@H]1CCO[C@H](CCl)C1. The highest BCUT2D eigenvalue weighted by molar-refractivity contribution is 6.18. The lowest BCUT2D eigenvalue weighted by Crippen LogP contribution is -2.29. The molecule has 0 radical (unpaired) electrons. The molecule has 0 saturated carbocycles. The van der Waals surface area contributed by atoms with Crippen LogP contribution in [-0.2, 0) is 4.74 Å². The Labute approximate surface area is 59.8 Å². The summed E-state index contributed by atoms with van der Waals surface area (Å²) in [5.74, 6) is 0.497. The minimum Gasteiger partial charge on any atom is -0.393 e. The van der Waals surface area contributed by atoms with Gasteiger partial charge in [-0.2, -0.15) is 0 Å². The van der Waals surface area contributed by atoms with E-state index < -0.39 is 0 Å². The van der Waals surface area contributed by atoms with Crippen LogP contribution in [0, 0.1) is 0 Å². The van der Waals surface area contributed by atoms with E-state index in [2.05, 4.69) is 0 Å². The first-order valence-corrected chi connectivity index (χ1v) is 3.72. The highest BCUT2D eigenvalue weighted by Gasteiger charge is 2.19. The molecule has 54 valence electrons. The average molecular weight is 151 g/mol. The van der Waals surface area contributed by atoms with Crippen LogP contribution in [0.25, 0.3) is 0 Å². The summed E-state index contributed by atoms with van der Waals surface area (Å²) >= 11 is 5.51. The van der Waals surface area contributed by atoms with Crippen molar-refractivity contribution in [2.45, 2.75) is 25.0 Å². The maximum atomic E-state index is 9.07. The molecule has 1 fully saturated rings. The van der Waals surface area contributed by atoms with Crippen LogP contribution >= 0.6 is 11.6 Å². The fraction of sp³-hybridized carbons (Fsp3) is 1.00. The molecule has 1 N–H and O–H groups in total. The summed E-state index contributed by atoms with van der Waals surface area (Å²) < 4.78 is 5.21. The van der Waals surface area contributed by atoms with Crippen LogP contribution < -0.4 is 0 Å². The molecular formula is C6H11ClO2. The lowest BCUT2D eigenvalue weighted by molar-refractivity contribution is -0.0324. The van der Waals surface area contributed by atoms with E-state index in [1.807, 2.05) is 0 Å². The largest absolute Gasteiger partial charge is 0.393 e. The average Bonchev–Trinajstić information content (AvgIpc) is 1.88. The van der Waals surface area contributed by atoms with Gasteiger partial charge in [-0.3, -0.25) is 0 Å². The van der Waals surface area contributed by atoms with Crippen LogP contribution in [0.2, 0.25) is 0 Å². The van der Waals surface area contributed by atoms with Crippen molar-refractivity contribution in [1.29, 1.82) is 0 Å². The molecular weight excluding hydrogens is 140 g/mol. The van der Waals surface area contributed by atoms with Gasteiger partial charge in [-0.05, 0) is 6.42 Å². The number of halogens is 1. The normalized spacial score (nSPS) is 36.7. The zero-order chi connectivity index (χ0) is 6.69. The van der Waals surface area contributed by atoms with Crippen LogP contribution in [0.1, 0.15) is 12.8 Å². The van der Waals surface area contributed by atoms with Crippen LogP contribution in [0.4, 0.5) is 0 Å². The van der Waals surface area contributed by atoms with Gasteiger partial charge in [0, 0.05) is 18.9 Å². The molecule has 3 heteroatoms. The van der Waals surface area contributed by atoms with E-state index in [1.165, 1.54) is 0 Å². The van der Waals surface area contributed by atoms with Crippen LogP contribution in [0.3, 0.4) is 0 Å². The van der Waals surface area contributed by atoms with Gasteiger partial charge in [0.2, 0.25) is 0 Å². The third kappa shape index (κ3) is 2.12. The van der Waals surface area contributed by atoms with E-state index >= 15 is 0 Å². The Balaban J connectivity index is 2.23. The van der Waals surface area contributed by atoms with Gasteiger partial charge in [0.25, 0.3) is 0 Å². The second-order valence-corrected chi connectivity index (χ2v) is 2.63. The third-order valence-electron chi connectivity index (χ3n) is 1.51. The van der Waals surface area contributed by atoms with Crippen molar-refractivity contribution in [1.82, 2.24) is 0 Å². The van der Waals surface area contributed by atoms with Crippen molar-refractivity contribution in [2.75, 3.05) is 12.5 Å². The van der Waals surface area contributed by atoms with Crippen LogP contribution in [0.15, 0.2) is 0 Å². The highest BCUT2D eigenvalue weighted by atomic mass is 35.5. The van der Waals surface area contributed by atoms with Crippen LogP contribution in [0.5, 0.6) is 0 Å². The number of alkyl halides is 1. The van der Waals surface area contributed by atoms with Gasteiger partial charge < -0.3 is 9.84 Å². The number of rotatable bonds is 1. The number of hydrogen-bond acceptors (Lipinski definition) is 2. The molecule has 1 rings (SSSR count). The van der Waals surface area contributed by atoms with E-state index in [0.29, 0.717) is 18.9 Å². The molecule has 0 aromatic carbocycles. The topological polar surface area (TPSA) is 29.5 Å². The summed E-state index contributed by atoms with van der Waals surface area (Å²) in [6, 6.07) is 0. The smallest absolute Gasteiger partial charge is 0.0734 e. The molecule has 2 nitrogen and oxygen atoms in total. The standard InChI is InChI=1S/C6H11ClO2/c7-4-6-3-5(8)1-2-9-6/h5-6,8H,1-4H2/t5-,6+/m1/s1. The van der Waals surface area contributed by atoms with Crippen molar-refractivity contribution in [3.8, 4) is 0 Å². The Morgan fingerprint density at radius 1 is 1.67 bits per heavy atom. The van der Waals surface area contributed by atoms with E-state index in [4.69, 9.17) is 21.4 Å². The van der Waals surface area contributed by atoms with Gasteiger partial charge in [-0.1, -0.05) is 0 Å². The van der Waals surface area contributed by atoms with Crippen molar-refractivity contribution in [2.24, 2.45) is 0 Å². The van der Waals surface area contributed by atoms with Crippen molar-refractivity contribution in [3.05, 3.63) is 0 Å². The lowest BCUT2D eigenvalue weighted by Gasteiger charge is -2.24. The Kier molecular flexibility index (Phi) is 2.76. The summed E-state index contributed by atoms with van der Waals surface area (Å²) in [5, 5.41) is 9.07.